The van der Waals surface area contributed by atoms with Crippen LogP contribution >= 0.6 is 0 Å². The first-order chi connectivity index (χ1) is 20.7. The molecular formula is C29H45F3N7O5+. The van der Waals surface area contributed by atoms with Crippen LogP contribution in [0.2, 0.25) is 0 Å². The summed E-state index contributed by atoms with van der Waals surface area (Å²) in [5.74, 6) is -2.29. The molecule has 15 heteroatoms. The fourth-order valence-corrected chi connectivity index (χ4v) is 6.67. The van der Waals surface area contributed by atoms with Crippen LogP contribution in [-0.4, -0.2) is 104 Å². The van der Waals surface area contributed by atoms with E-state index in [4.69, 9.17) is 20.0 Å². The number of quaternary nitrogens is 1. The second-order valence-corrected chi connectivity index (χ2v) is 13.0. The average Bonchev–Trinajstić information content (AvgIpc) is 3.26. The van der Waals surface area contributed by atoms with E-state index in [0.29, 0.717) is 50.6 Å². The number of piperidine rings is 1. The molecule has 44 heavy (non-hydrogen) atoms. The number of hydrazine groups is 1. The van der Waals surface area contributed by atoms with Gasteiger partial charge in [-0.25, -0.2) is 15.1 Å². The van der Waals surface area contributed by atoms with Gasteiger partial charge in [0.25, 0.3) is 0 Å². The van der Waals surface area contributed by atoms with Crippen LogP contribution in [0.25, 0.3) is 0 Å². The first kappa shape index (κ1) is 32.9. The van der Waals surface area contributed by atoms with Gasteiger partial charge in [0.05, 0.1) is 32.2 Å². The van der Waals surface area contributed by atoms with E-state index in [0.717, 1.165) is 37.9 Å². The van der Waals surface area contributed by atoms with Crippen LogP contribution in [-0.2, 0) is 19.8 Å². The van der Waals surface area contributed by atoms with Crippen LogP contribution in [0.3, 0.4) is 0 Å². The molecule has 0 saturated carbocycles. The van der Waals surface area contributed by atoms with Gasteiger partial charge in [-0.3, -0.25) is 15.4 Å². The summed E-state index contributed by atoms with van der Waals surface area (Å²) in [6.45, 7) is 9.35. The molecule has 4 N–H and O–H groups in total. The van der Waals surface area contributed by atoms with Crippen molar-refractivity contribution in [2.75, 3.05) is 57.9 Å². The lowest BCUT2D eigenvalue weighted by atomic mass is 9.84. The van der Waals surface area contributed by atoms with Crippen molar-refractivity contribution in [2.45, 2.75) is 83.1 Å². The summed E-state index contributed by atoms with van der Waals surface area (Å²) in [4.78, 5) is 36.0. The number of likely N-dealkylation sites (tertiary alicyclic amines) is 1. The highest BCUT2D eigenvalue weighted by Gasteiger charge is 2.61. The largest absolute Gasteiger partial charge is 0.497 e. The number of morpholine rings is 1. The van der Waals surface area contributed by atoms with Gasteiger partial charge >= 0.3 is 12.1 Å². The zero-order valence-electron chi connectivity index (χ0n) is 25.9. The summed E-state index contributed by atoms with van der Waals surface area (Å²) >= 11 is 0. The Morgan fingerprint density at radius 3 is 2.36 bits per heavy atom. The number of methoxy groups -OCH3 is 1. The number of carbonyl (C=O) groups excluding carboxylic acids is 2. The molecule has 0 radical (unpaired) electrons. The van der Waals surface area contributed by atoms with Crippen molar-refractivity contribution in [3.63, 3.8) is 0 Å². The minimum absolute atomic E-state index is 0.0690. The number of anilines is 1. The van der Waals surface area contributed by atoms with E-state index in [2.05, 4.69) is 20.7 Å². The topological polar surface area (TPSA) is 122 Å². The first-order valence-corrected chi connectivity index (χ1v) is 15.3. The number of ether oxygens (including phenoxy) is 2. The third-order valence-electron chi connectivity index (χ3n) is 8.89. The standard InChI is InChI=1S/C29H45F3N7O5/c1-28(2,3)20-16-19(17-21(25(20)42-4)36-12-14-43-15-13-36)22(40)18-39(44-26(41)29(30,31)32)24-9-8-23(34-38(24)27(33)35-39)37-10-6-5-7-11-37/h16-17,23-24,27,34-35H,5-15,18,33H2,1-4H3/q+1. The van der Waals surface area contributed by atoms with Crippen LogP contribution in [0.1, 0.15) is 68.8 Å². The Balaban J connectivity index is 1.49. The molecule has 4 atom stereocenters. The third kappa shape index (κ3) is 6.69. The number of hydroxylamine groups is 2. The van der Waals surface area contributed by atoms with Gasteiger partial charge < -0.3 is 14.4 Å². The third-order valence-corrected chi connectivity index (χ3v) is 8.89. The Morgan fingerprint density at radius 2 is 1.75 bits per heavy atom. The minimum atomic E-state index is -5.27. The normalized spacial score (nSPS) is 28.9. The molecule has 12 nitrogen and oxygen atoms in total. The van der Waals surface area contributed by atoms with Gasteiger partial charge in [0.15, 0.2) is 6.29 Å². The van der Waals surface area contributed by atoms with Gasteiger partial charge in [0.2, 0.25) is 18.5 Å². The Hall–Kier alpha value is -2.53. The van der Waals surface area contributed by atoms with Crippen LogP contribution in [0, 0.1) is 0 Å². The molecule has 1 aromatic carbocycles. The number of halogens is 3. The lowest BCUT2D eigenvalue weighted by molar-refractivity contribution is -1.13. The number of benzene rings is 1. The molecule has 4 aliphatic heterocycles. The highest BCUT2D eigenvalue weighted by atomic mass is 19.4. The van der Waals surface area contributed by atoms with Gasteiger partial charge in [-0.15, -0.1) is 5.01 Å². The Labute approximate surface area is 256 Å². The summed E-state index contributed by atoms with van der Waals surface area (Å²) < 4.78 is 51.0. The number of nitrogens with zero attached hydrogens (tertiary/aromatic N) is 4. The van der Waals surface area contributed by atoms with Crippen LogP contribution in [0.5, 0.6) is 5.75 Å². The Bertz CT molecular complexity index is 1220. The van der Waals surface area contributed by atoms with E-state index < -0.39 is 47.1 Å². The molecule has 0 bridgehead atoms. The van der Waals surface area contributed by atoms with Crippen molar-refractivity contribution in [3.8, 4) is 5.75 Å². The Kier molecular flexibility index (Phi) is 9.48. The fraction of sp³-hybridized carbons (Fsp3) is 0.724. The lowest BCUT2D eigenvalue weighted by Gasteiger charge is -2.44. The monoisotopic (exact) mass is 628 g/mol. The van der Waals surface area contributed by atoms with Crippen LogP contribution in [0.4, 0.5) is 18.9 Å². The second kappa shape index (κ2) is 12.7. The number of rotatable bonds is 7. The molecule has 0 amide bonds. The maximum atomic E-state index is 14.1. The second-order valence-electron chi connectivity index (χ2n) is 13.0. The zero-order valence-corrected chi connectivity index (χ0v) is 25.9. The van der Waals surface area contributed by atoms with E-state index in [1.807, 2.05) is 20.8 Å². The minimum Gasteiger partial charge on any atom is -0.494 e. The van der Waals surface area contributed by atoms with Crippen molar-refractivity contribution < 1.29 is 41.8 Å². The molecule has 246 valence electrons. The summed E-state index contributed by atoms with van der Waals surface area (Å²) in [5.41, 5.74) is 13.9. The summed E-state index contributed by atoms with van der Waals surface area (Å²) in [7, 11) is 1.57. The summed E-state index contributed by atoms with van der Waals surface area (Å²) in [6.07, 6.45) is -3.04. The van der Waals surface area contributed by atoms with Crippen LogP contribution in [0.15, 0.2) is 12.1 Å². The molecule has 4 heterocycles. The highest BCUT2D eigenvalue weighted by molar-refractivity contribution is 5.99. The predicted molar refractivity (Wildman–Crippen MR) is 155 cm³/mol. The molecule has 4 unspecified atom stereocenters. The van der Waals surface area contributed by atoms with Gasteiger partial charge in [-0.05, 0) is 54.7 Å². The van der Waals surface area contributed by atoms with E-state index in [9.17, 15) is 22.8 Å². The molecule has 4 aliphatic rings. The summed E-state index contributed by atoms with van der Waals surface area (Å²) in [6, 6.07) is 3.41. The van der Waals surface area contributed by atoms with Gasteiger partial charge in [-0.2, -0.15) is 13.2 Å². The number of nitrogens with two attached hydrogens (primary N) is 1. The number of carbonyl (C=O) groups is 2. The SMILES string of the molecule is COc1c(N2CCOCC2)cc(C(=O)C[N+]2(OC(=O)C(F)(F)F)NC(N)N3NC(N4CCCCC4)CCC32)cc1C(C)(C)C. The van der Waals surface area contributed by atoms with Crippen molar-refractivity contribution in [1.82, 2.24) is 20.8 Å². The van der Waals surface area contributed by atoms with Crippen LogP contribution < -0.4 is 26.2 Å². The number of hydrogen-bond acceptors (Lipinski definition) is 11. The molecule has 0 spiro atoms. The van der Waals surface area contributed by atoms with Gasteiger partial charge in [-0.1, -0.05) is 32.6 Å². The summed E-state index contributed by atoms with van der Waals surface area (Å²) in [5, 5.41) is 1.59. The van der Waals surface area contributed by atoms with Crippen molar-refractivity contribution in [3.05, 3.63) is 23.3 Å². The smallest absolute Gasteiger partial charge is 0.494 e. The maximum Gasteiger partial charge on any atom is 0.497 e. The maximum absolute atomic E-state index is 14.1. The zero-order chi connectivity index (χ0) is 31.9. The highest BCUT2D eigenvalue weighted by Crippen LogP contribution is 2.41. The van der Waals surface area contributed by atoms with Gasteiger partial charge in [0.1, 0.15) is 5.75 Å². The van der Waals surface area contributed by atoms with E-state index >= 15 is 0 Å². The molecule has 0 aliphatic carbocycles. The first-order valence-electron chi connectivity index (χ1n) is 15.3. The van der Waals surface area contributed by atoms with Crippen molar-refractivity contribution in [2.24, 2.45) is 5.73 Å². The van der Waals surface area contributed by atoms with Crippen molar-refractivity contribution in [1.29, 1.82) is 0 Å². The van der Waals surface area contributed by atoms with Crippen molar-refractivity contribution >= 4 is 17.4 Å². The van der Waals surface area contributed by atoms with E-state index in [1.54, 1.807) is 24.3 Å². The average molecular weight is 629 g/mol. The number of Topliss-reactive ketones (excluding diaryl/α,β-unsaturated/α-hetero) is 1. The van der Waals surface area contributed by atoms with Gasteiger partial charge in [0, 0.05) is 30.6 Å². The fourth-order valence-electron chi connectivity index (χ4n) is 6.67. The molecule has 4 saturated heterocycles. The van der Waals surface area contributed by atoms with E-state index in [1.165, 1.54) is 0 Å². The number of fused-ring (bicyclic) bond motifs is 1. The quantitative estimate of drug-likeness (QED) is 0.305. The molecule has 0 aromatic heterocycles. The predicted octanol–water partition coefficient (Wildman–Crippen LogP) is 2.35. The van der Waals surface area contributed by atoms with E-state index in [-0.39, 0.29) is 11.7 Å². The lowest BCUT2D eigenvalue weighted by Crippen LogP contribution is -2.68. The molecule has 5 rings (SSSR count). The number of ketones is 1. The molecule has 4 fully saturated rings. The molecule has 1 aromatic rings. The Morgan fingerprint density at radius 1 is 1.07 bits per heavy atom. The number of hydrogen-bond donors (Lipinski definition) is 3. The molecular weight excluding hydrogens is 583 g/mol. The number of alkyl halides is 3. The number of nitrogens with one attached hydrogen (secondary N) is 2.